The van der Waals surface area contributed by atoms with Crippen LogP contribution in [-0.4, -0.2) is 0 Å². The second-order valence-corrected chi connectivity index (χ2v) is 6.16. The van der Waals surface area contributed by atoms with Gasteiger partial charge in [0.15, 0.2) is 0 Å². The minimum atomic E-state index is 0.483. The zero-order valence-corrected chi connectivity index (χ0v) is 11.4. The molecule has 0 rings (SSSR count). The number of unbranched alkanes of at least 4 members (excludes halogenated alkanes) is 1. The van der Waals surface area contributed by atoms with Gasteiger partial charge in [0.1, 0.15) is 0 Å². The topological polar surface area (TPSA) is 0 Å². The molecule has 0 aromatic rings. The van der Waals surface area contributed by atoms with E-state index in [0.717, 1.165) is 5.92 Å². The van der Waals surface area contributed by atoms with Crippen molar-refractivity contribution in [1.29, 1.82) is 0 Å². The molecular weight excluding hydrogens is 168 g/mol. The van der Waals surface area contributed by atoms with Crippen molar-refractivity contribution < 1.29 is 0 Å². The van der Waals surface area contributed by atoms with Gasteiger partial charge in [-0.3, -0.25) is 0 Å². The molecule has 0 aliphatic carbocycles. The maximum atomic E-state index is 2.44. The predicted octanol–water partition coefficient (Wildman–Crippen LogP) is 5.28. The first kappa shape index (κ1) is 14.0. The molecule has 0 heteroatoms. The maximum Gasteiger partial charge on any atom is -0.0323 e. The first-order chi connectivity index (χ1) is 6.28. The molecule has 0 aromatic carbocycles. The first-order valence-electron chi connectivity index (χ1n) is 6.28. The van der Waals surface area contributed by atoms with Gasteiger partial charge in [-0.15, -0.1) is 0 Å². The Morgan fingerprint density at radius 1 is 0.929 bits per heavy atom. The maximum absolute atomic E-state index is 2.44. The molecule has 86 valence electrons. The molecule has 0 spiro atoms. The van der Waals surface area contributed by atoms with Crippen molar-refractivity contribution >= 4 is 0 Å². The van der Waals surface area contributed by atoms with Crippen molar-refractivity contribution in [2.75, 3.05) is 0 Å². The third-order valence-corrected chi connectivity index (χ3v) is 4.43. The van der Waals surface area contributed by atoms with Gasteiger partial charge in [-0.2, -0.15) is 0 Å². The molecular formula is C14H30. The van der Waals surface area contributed by atoms with E-state index in [1.54, 1.807) is 0 Å². The van der Waals surface area contributed by atoms with Crippen LogP contribution in [0.3, 0.4) is 0 Å². The van der Waals surface area contributed by atoms with Crippen LogP contribution >= 0.6 is 0 Å². The molecule has 0 saturated carbocycles. The smallest absolute Gasteiger partial charge is 0.0323 e. The summed E-state index contributed by atoms with van der Waals surface area (Å²) in [6.45, 7) is 16.7. The molecule has 0 aromatic heterocycles. The van der Waals surface area contributed by atoms with E-state index in [4.69, 9.17) is 0 Å². The standard InChI is InChI=1S/C14H30/c1-8-10-11-14(6,7)12(3)13(4,5)9-2/h12H,8-11H2,1-7H3. The third kappa shape index (κ3) is 3.63. The summed E-state index contributed by atoms with van der Waals surface area (Å²) in [5, 5.41) is 0. The fourth-order valence-corrected chi connectivity index (χ4v) is 2.21. The molecule has 0 fully saturated rings. The van der Waals surface area contributed by atoms with Crippen molar-refractivity contribution in [3.63, 3.8) is 0 Å². The quantitative estimate of drug-likeness (QED) is 0.545. The lowest BCUT2D eigenvalue weighted by molar-refractivity contribution is 0.0751. The van der Waals surface area contributed by atoms with Gasteiger partial charge in [-0.1, -0.05) is 67.7 Å². The van der Waals surface area contributed by atoms with E-state index in [0.29, 0.717) is 10.8 Å². The molecule has 0 saturated heterocycles. The van der Waals surface area contributed by atoms with Crippen LogP contribution in [0.1, 0.15) is 74.1 Å². The van der Waals surface area contributed by atoms with Crippen molar-refractivity contribution in [3.05, 3.63) is 0 Å². The van der Waals surface area contributed by atoms with Crippen LogP contribution in [0.4, 0.5) is 0 Å². The molecule has 0 amide bonds. The summed E-state index contributed by atoms with van der Waals surface area (Å²) < 4.78 is 0. The lowest BCUT2D eigenvalue weighted by atomic mass is 9.63. The molecule has 0 heterocycles. The highest BCUT2D eigenvalue weighted by Crippen LogP contribution is 2.44. The number of hydrogen-bond donors (Lipinski definition) is 0. The zero-order valence-electron chi connectivity index (χ0n) is 11.4. The Bertz CT molecular complexity index is 153. The van der Waals surface area contributed by atoms with Crippen LogP contribution in [-0.2, 0) is 0 Å². The summed E-state index contributed by atoms with van der Waals surface area (Å²) in [5.74, 6) is 0.798. The molecule has 0 radical (unpaired) electrons. The zero-order chi connectivity index (χ0) is 11.4. The van der Waals surface area contributed by atoms with E-state index >= 15 is 0 Å². The van der Waals surface area contributed by atoms with Crippen LogP contribution in [0.15, 0.2) is 0 Å². The lowest BCUT2D eigenvalue weighted by Gasteiger charge is -2.42. The highest BCUT2D eigenvalue weighted by atomic mass is 14.4. The average molecular weight is 198 g/mol. The van der Waals surface area contributed by atoms with Crippen molar-refractivity contribution in [3.8, 4) is 0 Å². The minimum Gasteiger partial charge on any atom is -0.0654 e. The highest BCUT2D eigenvalue weighted by molar-refractivity contribution is 4.85. The van der Waals surface area contributed by atoms with Gasteiger partial charge in [0, 0.05) is 0 Å². The van der Waals surface area contributed by atoms with Crippen LogP contribution in [0.5, 0.6) is 0 Å². The summed E-state index contributed by atoms with van der Waals surface area (Å²) >= 11 is 0. The van der Waals surface area contributed by atoms with Crippen molar-refractivity contribution in [2.24, 2.45) is 16.7 Å². The molecule has 1 unspecified atom stereocenters. The van der Waals surface area contributed by atoms with Crippen LogP contribution in [0.25, 0.3) is 0 Å². The van der Waals surface area contributed by atoms with Crippen LogP contribution in [0.2, 0.25) is 0 Å². The Morgan fingerprint density at radius 2 is 1.43 bits per heavy atom. The van der Waals surface area contributed by atoms with Crippen molar-refractivity contribution in [1.82, 2.24) is 0 Å². The fourth-order valence-electron chi connectivity index (χ4n) is 2.21. The van der Waals surface area contributed by atoms with Gasteiger partial charge >= 0.3 is 0 Å². The first-order valence-corrected chi connectivity index (χ1v) is 6.28. The average Bonchev–Trinajstić information content (AvgIpc) is 2.13. The Labute approximate surface area is 91.5 Å². The SMILES string of the molecule is CCCCC(C)(C)C(C)C(C)(C)CC. The normalized spacial score (nSPS) is 15.6. The fraction of sp³-hybridized carbons (Fsp3) is 1.00. The van der Waals surface area contributed by atoms with Gasteiger partial charge in [-0.05, 0) is 23.2 Å². The summed E-state index contributed by atoms with van der Waals surface area (Å²) in [6, 6.07) is 0. The van der Waals surface area contributed by atoms with Crippen LogP contribution in [0, 0.1) is 16.7 Å². The Hall–Kier alpha value is 0. The molecule has 14 heavy (non-hydrogen) atoms. The van der Waals surface area contributed by atoms with E-state index in [-0.39, 0.29) is 0 Å². The second kappa shape index (κ2) is 5.19. The molecule has 0 N–H and O–H groups in total. The van der Waals surface area contributed by atoms with Crippen LogP contribution < -0.4 is 0 Å². The van der Waals surface area contributed by atoms with E-state index in [9.17, 15) is 0 Å². The monoisotopic (exact) mass is 198 g/mol. The summed E-state index contributed by atoms with van der Waals surface area (Å²) in [6.07, 6.45) is 5.34. The summed E-state index contributed by atoms with van der Waals surface area (Å²) in [4.78, 5) is 0. The van der Waals surface area contributed by atoms with Gasteiger partial charge in [0.05, 0.1) is 0 Å². The van der Waals surface area contributed by atoms with Gasteiger partial charge in [0.25, 0.3) is 0 Å². The molecule has 0 aliphatic heterocycles. The van der Waals surface area contributed by atoms with E-state index < -0.39 is 0 Å². The Kier molecular flexibility index (Phi) is 5.19. The molecule has 0 nitrogen and oxygen atoms in total. The van der Waals surface area contributed by atoms with Gasteiger partial charge < -0.3 is 0 Å². The van der Waals surface area contributed by atoms with E-state index in [1.807, 2.05) is 0 Å². The van der Waals surface area contributed by atoms with E-state index in [1.165, 1.54) is 25.7 Å². The summed E-state index contributed by atoms with van der Waals surface area (Å²) in [7, 11) is 0. The number of rotatable bonds is 6. The van der Waals surface area contributed by atoms with Crippen molar-refractivity contribution in [2.45, 2.75) is 74.1 Å². The number of hydrogen-bond acceptors (Lipinski definition) is 0. The van der Waals surface area contributed by atoms with E-state index in [2.05, 4.69) is 48.5 Å². The predicted molar refractivity (Wildman–Crippen MR) is 66.5 cm³/mol. The summed E-state index contributed by atoms with van der Waals surface area (Å²) in [5.41, 5.74) is 0.979. The Balaban J connectivity index is 4.40. The molecule has 0 aliphatic rings. The molecule has 0 bridgehead atoms. The van der Waals surface area contributed by atoms with Gasteiger partial charge in [-0.25, -0.2) is 0 Å². The van der Waals surface area contributed by atoms with Gasteiger partial charge in [0.2, 0.25) is 0 Å². The minimum absolute atomic E-state index is 0.483. The third-order valence-electron chi connectivity index (χ3n) is 4.43. The highest BCUT2D eigenvalue weighted by Gasteiger charge is 2.35. The Morgan fingerprint density at radius 3 is 1.79 bits per heavy atom. The lowest BCUT2D eigenvalue weighted by Crippen LogP contribution is -2.33. The second-order valence-electron chi connectivity index (χ2n) is 6.16. The molecule has 1 atom stereocenters. The largest absolute Gasteiger partial charge is 0.0654 e.